The Labute approximate surface area is 145 Å². The number of aromatic nitrogens is 4. The van der Waals surface area contributed by atoms with Crippen LogP contribution in [0.15, 0.2) is 35.3 Å². The number of nitrogens with zero attached hydrogens (tertiary/aromatic N) is 4. The van der Waals surface area contributed by atoms with Gasteiger partial charge in [0.25, 0.3) is 5.56 Å². The highest BCUT2D eigenvalue weighted by molar-refractivity contribution is 5.72. The Kier molecular flexibility index (Phi) is 4.01. The summed E-state index contributed by atoms with van der Waals surface area (Å²) < 4.78 is 6.88. The highest BCUT2D eigenvalue weighted by atomic mass is 16.5. The number of benzene rings is 1. The van der Waals surface area contributed by atoms with Crippen LogP contribution in [0.4, 0.5) is 0 Å². The van der Waals surface area contributed by atoms with Crippen LogP contribution in [0, 0.1) is 0 Å². The van der Waals surface area contributed by atoms with E-state index in [4.69, 9.17) is 4.74 Å². The molecule has 0 aliphatic carbocycles. The number of hydrogen-bond acceptors (Lipinski definition) is 5. The number of methoxy groups -OCH3 is 1. The van der Waals surface area contributed by atoms with E-state index in [-0.39, 0.29) is 5.56 Å². The fraction of sp³-hybridized carbons (Fsp3) is 0.389. The maximum atomic E-state index is 12.2. The van der Waals surface area contributed by atoms with Gasteiger partial charge in [0.1, 0.15) is 17.0 Å². The highest BCUT2D eigenvalue weighted by Crippen LogP contribution is 2.33. The van der Waals surface area contributed by atoms with Crippen molar-refractivity contribution >= 4 is 11.0 Å². The van der Waals surface area contributed by atoms with E-state index in [2.05, 4.69) is 32.1 Å². The van der Waals surface area contributed by atoms with Crippen LogP contribution >= 0.6 is 0 Å². The van der Waals surface area contributed by atoms with Crippen molar-refractivity contribution < 1.29 is 4.74 Å². The van der Waals surface area contributed by atoms with Crippen molar-refractivity contribution in [1.82, 2.24) is 24.6 Å². The minimum atomic E-state index is -0.131. The van der Waals surface area contributed by atoms with Gasteiger partial charge in [0, 0.05) is 13.1 Å². The number of hydrogen-bond donors (Lipinski definition) is 1. The first-order chi connectivity index (χ1) is 12.2. The lowest BCUT2D eigenvalue weighted by atomic mass is 10.0. The molecule has 7 nitrogen and oxygen atoms in total. The fourth-order valence-electron chi connectivity index (χ4n) is 3.56. The van der Waals surface area contributed by atoms with E-state index in [9.17, 15) is 4.79 Å². The van der Waals surface area contributed by atoms with Gasteiger partial charge in [0.15, 0.2) is 5.65 Å². The lowest BCUT2D eigenvalue weighted by molar-refractivity contribution is 0.242. The Hall–Kier alpha value is -2.67. The topological polar surface area (TPSA) is 76.0 Å². The van der Waals surface area contributed by atoms with Gasteiger partial charge in [-0.25, -0.2) is 4.98 Å². The summed E-state index contributed by atoms with van der Waals surface area (Å²) in [6, 6.07) is 8.55. The first kappa shape index (κ1) is 15.8. The number of likely N-dealkylation sites (tertiary alicyclic amines) is 1. The zero-order valence-electron chi connectivity index (χ0n) is 14.4. The molecule has 3 heterocycles. The zero-order valence-corrected chi connectivity index (χ0v) is 14.4. The molecule has 1 aromatic carbocycles. The van der Waals surface area contributed by atoms with Crippen LogP contribution in [0.25, 0.3) is 11.0 Å². The van der Waals surface area contributed by atoms with Crippen LogP contribution in [0.2, 0.25) is 0 Å². The Balaban J connectivity index is 1.60. The number of rotatable bonds is 4. The number of aromatic amines is 1. The molecule has 1 aliphatic heterocycles. The minimum absolute atomic E-state index is 0.131. The SMILES string of the molecule is COc1ccc([C@H]2CCCN2Cc2nc3c(cnn3C)c(=O)[nH]2)cc1. The summed E-state index contributed by atoms with van der Waals surface area (Å²) in [4.78, 5) is 22.1. The van der Waals surface area contributed by atoms with Crippen LogP contribution in [-0.2, 0) is 13.6 Å². The molecule has 1 saturated heterocycles. The second-order valence-corrected chi connectivity index (χ2v) is 6.42. The highest BCUT2D eigenvalue weighted by Gasteiger charge is 2.26. The van der Waals surface area contributed by atoms with Crippen molar-refractivity contribution in [2.24, 2.45) is 7.05 Å². The molecule has 0 spiro atoms. The monoisotopic (exact) mass is 339 g/mol. The first-order valence-corrected chi connectivity index (χ1v) is 8.44. The van der Waals surface area contributed by atoms with Crippen LogP contribution < -0.4 is 10.3 Å². The summed E-state index contributed by atoms with van der Waals surface area (Å²) in [7, 11) is 3.47. The van der Waals surface area contributed by atoms with Crippen LogP contribution in [0.5, 0.6) is 5.75 Å². The maximum Gasteiger partial charge on any atom is 0.262 e. The summed E-state index contributed by atoms with van der Waals surface area (Å²) in [6.45, 7) is 1.61. The molecule has 25 heavy (non-hydrogen) atoms. The predicted molar refractivity (Wildman–Crippen MR) is 94.5 cm³/mol. The average molecular weight is 339 g/mol. The molecular formula is C18H21N5O2. The molecule has 1 aliphatic rings. The number of ether oxygens (including phenoxy) is 1. The van der Waals surface area contributed by atoms with Gasteiger partial charge < -0.3 is 9.72 Å². The Morgan fingerprint density at radius 3 is 2.88 bits per heavy atom. The minimum Gasteiger partial charge on any atom is -0.497 e. The largest absolute Gasteiger partial charge is 0.497 e. The summed E-state index contributed by atoms with van der Waals surface area (Å²) in [5.74, 6) is 1.54. The van der Waals surface area contributed by atoms with Crippen LogP contribution in [0.1, 0.15) is 30.3 Å². The molecule has 1 N–H and O–H groups in total. The number of nitrogens with one attached hydrogen (secondary N) is 1. The molecule has 7 heteroatoms. The molecule has 3 aromatic rings. The number of aryl methyl sites for hydroxylation is 1. The molecule has 0 saturated carbocycles. The lowest BCUT2D eigenvalue weighted by Gasteiger charge is -2.24. The molecule has 4 rings (SSSR count). The molecule has 130 valence electrons. The average Bonchev–Trinajstić information content (AvgIpc) is 3.23. The van der Waals surface area contributed by atoms with Gasteiger partial charge in [-0.05, 0) is 37.1 Å². The van der Waals surface area contributed by atoms with Crippen molar-refractivity contribution in [2.75, 3.05) is 13.7 Å². The third-order valence-corrected chi connectivity index (χ3v) is 4.87. The van der Waals surface area contributed by atoms with Crippen LogP contribution in [0.3, 0.4) is 0 Å². The smallest absolute Gasteiger partial charge is 0.262 e. The van der Waals surface area contributed by atoms with Gasteiger partial charge in [0.2, 0.25) is 0 Å². The fourth-order valence-corrected chi connectivity index (χ4v) is 3.56. The maximum absolute atomic E-state index is 12.2. The number of fused-ring (bicyclic) bond motifs is 1. The van der Waals surface area contributed by atoms with Crippen molar-refractivity contribution in [2.45, 2.75) is 25.4 Å². The Morgan fingerprint density at radius 1 is 1.32 bits per heavy atom. The standard InChI is InChI=1S/C18H21N5O2/c1-22-17-14(10-19-22)18(24)21-16(20-17)11-23-9-3-4-15(23)12-5-7-13(25-2)8-6-12/h5-8,10,15H,3-4,9,11H2,1-2H3,(H,20,21,24)/t15-/m1/s1. The van der Waals surface area contributed by atoms with E-state index < -0.39 is 0 Å². The Morgan fingerprint density at radius 2 is 2.12 bits per heavy atom. The summed E-state index contributed by atoms with van der Waals surface area (Å²) in [5.41, 5.74) is 1.76. The third-order valence-electron chi connectivity index (χ3n) is 4.87. The van der Waals surface area contributed by atoms with Crippen molar-refractivity contribution in [3.63, 3.8) is 0 Å². The second kappa shape index (κ2) is 6.33. The Bertz CT molecular complexity index is 944. The quantitative estimate of drug-likeness (QED) is 0.787. The molecular weight excluding hydrogens is 318 g/mol. The molecule has 0 amide bonds. The predicted octanol–water partition coefficient (Wildman–Crippen LogP) is 2.00. The second-order valence-electron chi connectivity index (χ2n) is 6.42. The summed E-state index contributed by atoms with van der Waals surface area (Å²) >= 11 is 0. The number of H-pyrrole nitrogens is 1. The van der Waals surface area contributed by atoms with E-state index >= 15 is 0 Å². The van der Waals surface area contributed by atoms with Gasteiger partial charge in [-0.3, -0.25) is 14.4 Å². The summed E-state index contributed by atoms with van der Waals surface area (Å²) in [5, 5.41) is 4.64. The molecule has 1 atom stereocenters. The molecule has 0 radical (unpaired) electrons. The lowest BCUT2D eigenvalue weighted by Crippen LogP contribution is -2.25. The molecule has 0 unspecified atom stereocenters. The van der Waals surface area contributed by atoms with Crippen molar-refractivity contribution in [3.8, 4) is 5.75 Å². The van der Waals surface area contributed by atoms with Gasteiger partial charge in [0.05, 0.1) is 19.9 Å². The summed E-state index contributed by atoms with van der Waals surface area (Å²) in [6.07, 6.45) is 3.79. The van der Waals surface area contributed by atoms with E-state index in [1.165, 1.54) is 5.56 Å². The van der Waals surface area contributed by atoms with Crippen molar-refractivity contribution in [1.29, 1.82) is 0 Å². The third kappa shape index (κ3) is 2.91. The normalized spacial score (nSPS) is 18.1. The van der Waals surface area contributed by atoms with Gasteiger partial charge in [-0.1, -0.05) is 12.1 Å². The van der Waals surface area contributed by atoms with E-state index in [0.717, 1.165) is 25.1 Å². The van der Waals surface area contributed by atoms with Crippen molar-refractivity contribution in [3.05, 3.63) is 52.2 Å². The first-order valence-electron chi connectivity index (χ1n) is 8.44. The molecule has 2 aromatic heterocycles. The van der Waals surface area contributed by atoms with Crippen LogP contribution in [-0.4, -0.2) is 38.3 Å². The van der Waals surface area contributed by atoms with E-state index in [1.54, 1.807) is 25.0 Å². The van der Waals surface area contributed by atoms with Gasteiger partial charge in [-0.2, -0.15) is 5.10 Å². The van der Waals surface area contributed by atoms with E-state index in [0.29, 0.717) is 29.4 Å². The van der Waals surface area contributed by atoms with Gasteiger partial charge in [-0.15, -0.1) is 0 Å². The van der Waals surface area contributed by atoms with E-state index in [1.807, 2.05) is 12.1 Å². The zero-order chi connectivity index (χ0) is 17.4. The molecule has 1 fully saturated rings. The van der Waals surface area contributed by atoms with Gasteiger partial charge >= 0.3 is 0 Å². The molecule has 0 bridgehead atoms.